The van der Waals surface area contributed by atoms with Crippen molar-refractivity contribution in [2.45, 2.75) is 38.3 Å². The van der Waals surface area contributed by atoms with Crippen LogP contribution in [0.15, 0.2) is 0 Å². The van der Waals surface area contributed by atoms with Gasteiger partial charge in [-0.1, -0.05) is 6.92 Å². The molecule has 1 unspecified atom stereocenters. The van der Waals surface area contributed by atoms with Crippen molar-refractivity contribution in [3.8, 4) is 0 Å². The van der Waals surface area contributed by atoms with Gasteiger partial charge in [-0.15, -0.1) is 0 Å². The molecule has 1 saturated carbocycles. The van der Waals surface area contributed by atoms with E-state index in [9.17, 15) is 9.59 Å². The molecule has 2 aliphatic rings. The Hall–Kier alpha value is -1.14. The summed E-state index contributed by atoms with van der Waals surface area (Å²) in [5.74, 6) is -0.526. The van der Waals surface area contributed by atoms with Crippen molar-refractivity contribution in [3.63, 3.8) is 0 Å². The van der Waals surface area contributed by atoms with Crippen molar-refractivity contribution in [1.82, 2.24) is 15.5 Å². The molecule has 1 aliphatic heterocycles. The lowest BCUT2D eigenvalue weighted by Crippen LogP contribution is -2.55. The van der Waals surface area contributed by atoms with E-state index in [0.29, 0.717) is 6.04 Å². The van der Waals surface area contributed by atoms with Crippen molar-refractivity contribution in [2.24, 2.45) is 5.92 Å². The summed E-state index contributed by atoms with van der Waals surface area (Å²) in [6, 6.07) is 0.522. The van der Waals surface area contributed by atoms with Crippen LogP contribution in [0.25, 0.3) is 0 Å². The molecule has 6 nitrogen and oxygen atoms in total. The summed E-state index contributed by atoms with van der Waals surface area (Å²) < 4.78 is 0. The fourth-order valence-corrected chi connectivity index (χ4v) is 2.87. The number of nitrogens with one attached hydrogen (secondary N) is 2. The smallest absolute Gasteiger partial charge is 0.317 e. The van der Waals surface area contributed by atoms with Crippen LogP contribution >= 0.6 is 0 Å². The van der Waals surface area contributed by atoms with E-state index in [-0.39, 0.29) is 24.4 Å². The van der Waals surface area contributed by atoms with Gasteiger partial charge in [0.25, 0.3) is 0 Å². The van der Waals surface area contributed by atoms with E-state index in [1.165, 1.54) is 0 Å². The number of carbonyl (C=O) groups is 2. The van der Waals surface area contributed by atoms with E-state index in [1.54, 1.807) is 0 Å². The second-order valence-electron chi connectivity index (χ2n) is 5.48. The van der Waals surface area contributed by atoms with Gasteiger partial charge in [0.1, 0.15) is 0 Å². The number of carboxylic acid groups (broad SMARTS) is 1. The third-order valence-electron chi connectivity index (χ3n) is 4.15. The molecule has 3 N–H and O–H groups in total. The number of carbonyl (C=O) groups excluding carboxylic acids is 1. The molecule has 1 aliphatic carbocycles. The highest BCUT2D eigenvalue weighted by molar-refractivity contribution is 5.79. The van der Waals surface area contributed by atoms with Gasteiger partial charge in [-0.05, 0) is 32.4 Å². The number of nitrogens with zero attached hydrogens (tertiary/aromatic N) is 1. The molecule has 0 aromatic heterocycles. The van der Waals surface area contributed by atoms with Crippen LogP contribution in [0.3, 0.4) is 0 Å². The largest absolute Gasteiger partial charge is 0.480 e. The third-order valence-corrected chi connectivity index (χ3v) is 4.15. The number of likely N-dealkylation sites (N-methyl/N-ethyl adjacent to an activating group) is 1. The van der Waals surface area contributed by atoms with Crippen LogP contribution in [0.4, 0.5) is 0 Å². The maximum absolute atomic E-state index is 11.9. The zero-order chi connectivity index (χ0) is 13.8. The average Bonchev–Trinajstić information content (AvgIpc) is 2.83. The Morgan fingerprint density at radius 2 is 2.16 bits per heavy atom. The molecule has 1 atom stereocenters. The molecule has 2 fully saturated rings. The van der Waals surface area contributed by atoms with Crippen molar-refractivity contribution in [2.75, 3.05) is 26.2 Å². The number of hydrogen-bond donors (Lipinski definition) is 3. The normalized spacial score (nSPS) is 30.1. The first-order valence-corrected chi connectivity index (χ1v) is 7.07. The average molecular weight is 269 g/mol. The Balaban J connectivity index is 1.70. The van der Waals surface area contributed by atoms with E-state index in [1.807, 2.05) is 11.8 Å². The van der Waals surface area contributed by atoms with E-state index < -0.39 is 5.97 Å². The van der Waals surface area contributed by atoms with Crippen LogP contribution in [0, 0.1) is 5.92 Å². The predicted molar refractivity (Wildman–Crippen MR) is 70.8 cm³/mol. The molecule has 108 valence electrons. The Morgan fingerprint density at radius 1 is 1.42 bits per heavy atom. The molecule has 19 heavy (non-hydrogen) atoms. The van der Waals surface area contributed by atoms with Gasteiger partial charge in [-0.25, -0.2) is 0 Å². The number of amides is 1. The number of aliphatic carboxylic acids is 1. The standard InChI is InChI=1S/C13H23N3O3/c1-2-16(8-12(17)18)11-5-10(6-11)15-13(19)9-3-4-14-7-9/h9-11,14H,2-8H2,1H3,(H,15,19)(H,17,18). The monoisotopic (exact) mass is 269 g/mol. The van der Waals surface area contributed by atoms with Gasteiger partial charge in [-0.2, -0.15) is 0 Å². The highest BCUT2D eigenvalue weighted by Gasteiger charge is 2.35. The van der Waals surface area contributed by atoms with Crippen molar-refractivity contribution < 1.29 is 14.7 Å². The Morgan fingerprint density at radius 3 is 2.68 bits per heavy atom. The molecule has 2 rings (SSSR count). The molecule has 1 amide bonds. The highest BCUT2D eigenvalue weighted by atomic mass is 16.4. The van der Waals surface area contributed by atoms with Crippen LogP contribution in [0.1, 0.15) is 26.2 Å². The predicted octanol–water partition coefficient (Wildman–Crippen LogP) is -0.350. The minimum atomic E-state index is -0.786. The maximum Gasteiger partial charge on any atom is 0.317 e. The SMILES string of the molecule is CCN(CC(=O)O)C1CC(NC(=O)C2CCNC2)C1. The van der Waals surface area contributed by atoms with Gasteiger partial charge in [-0.3, -0.25) is 14.5 Å². The lowest BCUT2D eigenvalue weighted by Gasteiger charge is -2.42. The summed E-state index contributed by atoms with van der Waals surface area (Å²) in [6.07, 6.45) is 2.65. The van der Waals surface area contributed by atoms with Crippen LogP contribution < -0.4 is 10.6 Å². The van der Waals surface area contributed by atoms with E-state index in [2.05, 4.69) is 10.6 Å². The first-order valence-electron chi connectivity index (χ1n) is 7.07. The van der Waals surface area contributed by atoms with E-state index in [0.717, 1.165) is 38.9 Å². The lowest BCUT2D eigenvalue weighted by molar-refractivity contribution is -0.140. The maximum atomic E-state index is 11.9. The van der Waals surface area contributed by atoms with Crippen LogP contribution in [0.2, 0.25) is 0 Å². The molecule has 0 radical (unpaired) electrons. The summed E-state index contributed by atoms with van der Waals surface area (Å²) in [7, 11) is 0. The molecular weight excluding hydrogens is 246 g/mol. The second-order valence-corrected chi connectivity index (χ2v) is 5.48. The molecule has 0 aromatic rings. The summed E-state index contributed by atoms with van der Waals surface area (Å²) in [6.45, 7) is 4.51. The number of carboxylic acids is 1. The topological polar surface area (TPSA) is 81.7 Å². The molecule has 0 bridgehead atoms. The summed E-state index contributed by atoms with van der Waals surface area (Å²) in [4.78, 5) is 24.6. The number of rotatable bonds is 6. The van der Waals surface area contributed by atoms with E-state index in [4.69, 9.17) is 5.11 Å². The molecule has 6 heteroatoms. The molecule has 1 heterocycles. The zero-order valence-electron chi connectivity index (χ0n) is 11.4. The van der Waals surface area contributed by atoms with Gasteiger partial charge in [0.05, 0.1) is 12.5 Å². The Kier molecular flexibility index (Phi) is 4.76. The lowest BCUT2D eigenvalue weighted by atomic mass is 9.85. The second kappa shape index (κ2) is 6.34. The van der Waals surface area contributed by atoms with Crippen LogP contribution in [-0.4, -0.2) is 60.1 Å². The molecule has 1 saturated heterocycles. The number of hydrogen-bond acceptors (Lipinski definition) is 4. The summed E-state index contributed by atoms with van der Waals surface area (Å²) in [5.41, 5.74) is 0. The van der Waals surface area contributed by atoms with Gasteiger partial charge in [0.2, 0.25) is 5.91 Å². The first-order chi connectivity index (χ1) is 9.10. The van der Waals surface area contributed by atoms with Gasteiger partial charge in [0.15, 0.2) is 0 Å². The Labute approximate surface area is 113 Å². The van der Waals surface area contributed by atoms with Gasteiger partial charge in [0, 0.05) is 18.6 Å². The van der Waals surface area contributed by atoms with Crippen LogP contribution in [-0.2, 0) is 9.59 Å². The first kappa shape index (κ1) is 14.3. The van der Waals surface area contributed by atoms with E-state index >= 15 is 0 Å². The van der Waals surface area contributed by atoms with Gasteiger partial charge < -0.3 is 15.7 Å². The fraction of sp³-hybridized carbons (Fsp3) is 0.846. The van der Waals surface area contributed by atoms with Crippen molar-refractivity contribution in [3.05, 3.63) is 0 Å². The summed E-state index contributed by atoms with van der Waals surface area (Å²) >= 11 is 0. The minimum absolute atomic E-state index is 0.0916. The zero-order valence-corrected chi connectivity index (χ0v) is 11.4. The van der Waals surface area contributed by atoms with Crippen molar-refractivity contribution >= 4 is 11.9 Å². The molecule has 0 spiro atoms. The Bertz CT molecular complexity index is 336. The van der Waals surface area contributed by atoms with Crippen molar-refractivity contribution in [1.29, 1.82) is 0 Å². The minimum Gasteiger partial charge on any atom is -0.480 e. The quantitative estimate of drug-likeness (QED) is 0.614. The third kappa shape index (κ3) is 3.67. The van der Waals surface area contributed by atoms with Crippen LogP contribution in [0.5, 0.6) is 0 Å². The van der Waals surface area contributed by atoms with Gasteiger partial charge >= 0.3 is 5.97 Å². The molecule has 0 aromatic carbocycles. The highest BCUT2D eigenvalue weighted by Crippen LogP contribution is 2.26. The molecular formula is C13H23N3O3. The summed E-state index contributed by atoms with van der Waals surface area (Å²) in [5, 5.41) is 15.1. The fourth-order valence-electron chi connectivity index (χ4n) is 2.87.